The van der Waals surface area contributed by atoms with Crippen LogP contribution >= 0.6 is 0 Å². The van der Waals surface area contributed by atoms with Crippen LogP contribution in [0, 0.1) is 0 Å². The van der Waals surface area contributed by atoms with E-state index >= 15 is 0 Å². The lowest BCUT2D eigenvalue weighted by Crippen LogP contribution is -2.17. The maximum absolute atomic E-state index is 5.65. The molecule has 0 saturated heterocycles. The third-order valence-electron chi connectivity index (χ3n) is 2.57. The van der Waals surface area contributed by atoms with Gasteiger partial charge in [0, 0.05) is 5.92 Å². The molecular weight excluding hydrogens is 160 g/mol. The second-order valence-electron chi connectivity index (χ2n) is 3.52. The van der Waals surface area contributed by atoms with Crippen molar-refractivity contribution in [2.75, 3.05) is 6.61 Å². The van der Waals surface area contributed by atoms with Crippen LogP contribution < -0.4 is 0 Å². The zero-order chi connectivity index (χ0) is 9.26. The Morgan fingerprint density at radius 1 is 1.38 bits per heavy atom. The molecule has 0 N–H and O–H groups in total. The van der Waals surface area contributed by atoms with Crippen LogP contribution in [0.2, 0.25) is 0 Å². The molecule has 0 spiro atoms. The molecule has 1 heteroatoms. The lowest BCUT2D eigenvalue weighted by molar-refractivity contribution is 0.0616. The fourth-order valence-electron chi connectivity index (χ4n) is 1.84. The van der Waals surface area contributed by atoms with Crippen molar-refractivity contribution in [1.29, 1.82) is 0 Å². The number of rotatable bonds is 1. The Hall–Kier alpha value is -1.08. The van der Waals surface area contributed by atoms with E-state index in [0.717, 1.165) is 6.61 Å². The number of hydrogen-bond acceptors (Lipinski definition) is 1. The fraction of sp³-hybridized carbons (Fsp3) is 0.333. The Morgan fingerprint density at radius 3 is 2.77 bits per heavy atom. The molecular formula is C12H14O. The average molecular weight is 174 g/mol. The minimum Gasteiger partial charge on any atom is -0.369 e. The quantitative estimate of drug-likeness (QED) is 0.594. The second kappa shape index (κ2) is 3.35. The Bertz CT molecular complexity index is 317. The molecule has 1 aliphatic rings. The average Bonchev–Trinajstić information content (AvgIpc) is 2.19. The summed E-state index contributed by atoms with van der Waals surface area (Å²) in [4.78, 5) is 0. The van der Waals surface area contributed by atoms with E-state index in [-0.39, 0.29) is 6.10 Å². The minimum atomic E-state index is 0.0902. The summed E-state index contributed by atoms with van der Waals surface area (Å²) < 4.78 is 5.65. The minimum absolute atomic E-state index is 0.0902. The molecule has 1 heterocycles. The van der Waals surface area contributed by atoms with Crippen LogP contribution in [-0.4, -0.2) is 6.61 Å². The molecule has 0 unspecified atom stereocenters. The van der Waals surface area contributed by atoms with Gasteiger partial charge in [-0.05, 0) is 11.1 Å². The Labute approximate surface area is 79.0 Å². The topological polar surface area (TPSA) is 9.23 Å². The normalized spacial score (nSPS) is 26.5. The molecule has 0 bridgehead atoms. The Kier molecular flexibility index (Phi) is 2.19. The zero-order valence-corrected chi connectivity index (χ0v) is 7.86. The van der Waals surface area contributed by atoms with Crippen molar-refractivity contribution in [2.24, 2.45) is 0 Å². The van der Waals surface area contributed by atoms with Gasteiger partial charge in [0.05, 0.1) is 6.61 Å². The van der Waals surface area contributed by atoms with Gasteiger partial charge >= 0.3 is 0 Å². The smallest absolute Gasteiger partial charge is 0.101 e. The van der Waals surface area contributed by atoms with Gasteiger partial charge in [-0.2, -0.15) is 0 Å². The van der Waals surface area contributed by atoms with E-state index < -0.39 is 0 Å². The highest BCUT2D eigenvalue weighted by molar-refractivity contribution is 5.35. The largest absolute Gasteiger partial charge is 0.369 e. The van der Waals surface area contributed by atoms with E-state index in [9.17, 15) is 0 Å². The van der Waals surface area contributed by atoms with Crippen molar-refractivity contribution in [3.05, 3.63) is 48.0 Å². The predicted molar refractivity (Wildman–Crippen MR) is 53.7 cm³/mol. The summed E-state index contributed by atoms with van der Waals surface area (Å²) in [6.45, 7) is 6.78. The molecule has 1 nitrogen and oxygen atoms in total. The molecule has 0 radical (unpaired) electrons. The molecule has 68 valence electrons. The van der Waals surface area contributed by atoms with Crippen molar-refractivity contribution in [3.8, 4) is 0 Å². The first kappa shape index (κ1) is 8.52. The number of ether oxygens (including phenoxy) is 1. The number of benzene rings is 1. The highest BCUT2D eigenvalue weighted by Gasteiger charge is 2.22. The molecule has 0 amide bonds. The van der Waals surface area contributed by atoms with E-state index in [1.54, 1.807) is 0 Å². The van der Waals surface area contributed by atoms with Gasteiger partial charge in [-0.25, -0.2) is 0 Å². The number of fused-ring (bicyclic) bond motifs is 1. The Morgan fingerprint density at radius 2 is 2.08 bits per heavy atom. The van der Waals surface area contributed by atoms with Crippen LogP contribution in [0.25, 0.3) is 0 Å². The monoisotopic (exact) mass is 174 g/mol. The van der Waals surface area contributed by atoms with Crippen LogP contribution in [-0.2, 0) is 4.74 Å². The molecule has 0 aromatic heterocycles. The molecule has 0 fully saturated rings. The molecule has 0 saturated carbocycles. The van der Waals surface area contributed by atoms with Gasteiger partial charge in [0.1, 0.15) is 6.10 Å². The van der Waals surface area contributed by atoms with Gasteiger partial charge < -0.3 is 4.74 Å². The van der Waals surface area contributed by atoms with Crippen molar-refractivity contribution < 1.29 is 4.74 Å². The fourth-order valence-corrected chi connectivity index (χ4v) is 1.84. The van der Waals surface area contributed by atoms with Gasteiger partial charge in [0.15, 0.2) is 0 Å². The summed E-state index contributed by atoms with van der Waals surface area (Å²) in [6, 6.07) is 8.44. The maximum atomic E-state index is 5.65. The van der Waals surface area contributed by atoms with Gasteiger partial charge in [-0.15, -0.1) is 6.58 Å². The lowest BCUT2D eigenvalue weighted by atomic mass is 9.91. The second-order valence-corrected chi connectivity index (χ2v) is 3.52. The first-order valence-electron chi connectivity index (χ1n) is 4.66. The third-order valence-corrected chi connectivity index (χ3v) is 2.57. The molecule has 2 atom stereocenters. The summed E-state index contributed by atoms with van der Waals surface area (Å²) in [5, 5.41) is 0. The summed E-state index contributed by atoms with van der Waals surface area (Å²) in [7, 11) is 0. The van der Waals surface area contributed by atoms with Gasteiger partial charge in [-0.1, -0.05) is 37.3 Å². The first-order valence-corrected chi connectivity index (χ1v) is 4.66. The molecule has 13 heavy (non-hydrogen) atoms. The molecule has 1 aromatic rings. The summed E-state index contributed by atoms with van der Waals surface area (Å²) in [5.41, 5.74) is 2.68. The zero-order valence-electron chi connectivity index (χ0n) is 7.86. The first-order chi connectivity index (χ1) is 6.33. The van der Waals surface area contributed by atoms with Crippen LogP contribution in [0.15, 0.2) is 36.9 Å². The molecule has 1 aliphatic heterocycles. The summed E-state index contributed by atoms with van der Waals surface area (Å²) in [5.74, 6) is 0.507. The maximum Gasteiger partial charge on any atom is 0.101 e. The van der Waals surface area contributed by atoms with Crippen molar-refractivity contribution in [3.63, 3.8) is 0 Å². The van der Waals surface area contributed by atoms with Gasteiger partial charge in [-0.3, -0.25) is 0 Å². The third kappa shape index (κ3) is 1.40. The summed E-state index contributed by atoms with van der Waals surface area (Å²) in [6.07, 6.45) is 1.96. The predicted octanol–water partition coefficient (Wildman–Crippen LogP) is 3.05. The van der Waals surface area contributed by atoms with Gasteiger partial charge in [0.2, 0.25) is 0 Å². The lowest BCUT2D eigenvalue weighted by Gasteiger charge is -2.28. The van der Waals surface area contributed by atoms with Crippen molar-refractivity contribution in [2.45, 2.75) is 18.9 Å². The molecule has 1 aromatic carbocycles. The van der Waals surface area contributed by atoms with Crippen LogP contribution in [0.4, 0.5) is 0 Å². The SMILES string of the molecule is C=C[C@@H]1OC[C@H](C)c2ccccc21. The van der Waals surface area contributed by atoms with E-state index in [2.05, 4.69) is 37.8 Å². The Balaban J connectivity index is 2.47. The van der Waals surface area contributed by atoms with Crippen molar-refractivity contribution >= 4 is 0 Å². The van der Waals surface area contributed by atoms with Crippen molar-refractivity contribution in [1.82, 2.24) is 0 Å². The van der Waals surface area contributed by atoms with Crippen LogP contribution in [0.3, 0.4) is 0 Å². The standard InChI is InChI=1S/C12H14O/c1-3-12-11-7-5-4-6-10(11)9(2)8-13-12/h3-7,9,12H,1,8H2,2H3/t9-,12-/m0/s1. The highest BCUT2D eigenvalue weighted by atomic mass is 16.5. The number of hydrogen-bond donors (Lipinski definition) is 0. The van der Waals surface area contributed by atoms with Crippen LogP contribution in [0.5, 0.6) is 0 Å². The molecule has 0 aliphatic carbocycles. The van der Waals surface area contributed by atoms with Crippen LogP contribution in [0.1, 0.15) is 30.1 Å². The van der Waals surface area contributed by atoms with E-state index in [1.165, 1.54) is 11.1 Å². The molecule has 2 rings (SSSR count). The van der Waals surface area contributed by atoms with Gasteiger partial charge in [0.25, 0.3) is 0 Å². The van der Waals surface area contributed by atoms with E-state index in [4.69, 9.17) is 4.74 Å². The van der Waals surface area contributed by atoms with E-state index in [1.807, 2.05) is 6.08 Å². The highest BCUT2D eigenvalue weighted by Crippen LogP contribution is 2.33. The summed E-state index contributed by atoms with van der Waals surface area (Å²) >= 11 is 0. The van der Waals surface area contributed by atoms with E-state index in [0.29, 0.717) is 5.92 Å².